The van der Waals surface area contributed by atoms with Gasteiger partial charge in [-0.1, -0.05) is 12.1 Å². The smallest absolute Gasteiger partial charge is 0.278 e. The van der Waals surface area contributed by atoms with Gasteiger partial charge in [-0.2, -0.15) is 26.3 Å². The summed E-state index contributed by atoms with van der Waals surface area (Å²) in [4.78, 5) is 11.6. The largest absolute Gasteiger partial charge is 0.435 e. The van der Waals surface area contributed by atoms with Crippen LogP contribution in [0.5, 0.6) is 0 Å². The minimum atomic E-state index is -5.36. The van der Waals surface area contributed by atoms with Gasteiger partial charge in [0.15, 0.2) is 11.4 Å². The molecule has 0 aliphatic heterocycles. The maximum Gasteiger partial charge on any atom is 0.435 e. The molecule has 36 heavy (non-hydrogen) atoms. The van der Waals surface area contributed by atoms with Crippen LogP contribution in [0.4, 0.5) is 35.1 Å². The highest BCUT2D eigenvalue weighted by atomic mass is 19.4. The van der Waals surface area contributed by atoms with Gasteiger partial charge in [0, 0.05) is 17.0 Å². The lowest BCUT2D eigenvalue weighted by Gasteiger charge is -2.25. The van der Waals surface area contributed by atoms with Gasteiger partial charge in [0.2, 0.25) is 0 Å². The number of rotatable bonds is 4. The van der Waals surface area contributed by atoms with Crippen LogP contribution in [0.1, 0.15) is 36.6 Å². The van der Waals surface area contributed by atoms with Crippen molar-refractivity contribution in [2.24, 2.45) is 0 Å². The number of halogens is 8. The van der Waals surface area contributed by atoms with E-state index < -0.39 is 46.6 Å². The zero-order chi connectivity index (χ0) is 26.5. The van der Waals surface area contributed by atoms with Crippen LogP contribution in [0.25, 0.3) is 17.1 Å². The maximum absolute atomic E-state index is 14.3. The number of hydrogen-bond acceptors (Lipinski definition) is 3. The Kier molecular flexibility index (Phi) is 6.09. The van der Waals surface area contributed by atoms with Crippen LogP contribution in [0.15, 0.2) is 60.9 Å². The van der Waals surface area contributed by atoms with Crippen molar-refractivity contribution < 1.29 is 35.1 Å². The Morgan fingerprint density at radius 1 is 0.750 bits per heavy atom. The van der Waals surface area contributed by atoms with Gasteiger partial charge in [0.05, 0.1) is 17.1 Å². The second-order valence-corrected chi connectivity index (χ2v) is 8.35. The Hall–Kier alpha value is -3.83. The number of aromatic nitrogens is 4. The first-order valence-electron chi connectivity index (χ1n) is 10.3. The fraction of sp³-hybridized carbons (Fsp3) is 0.208. The number of hydrogen-bond donors (Lipinski definition) is 0. The molecule has 0 aliphatic carbocycles. The predicted octanol–water partition coefficient (Wildman–Crippen LogP) is 6.97. The minimum Gasteiger partial charge on any atom is -0.278 e. The highest BCUT2D eigenvalue weighted by Crippen LogP contribution is 2.40. The quantitative estimate of drug-likeness (QED) is 0.278. The number of benzene rings is 1. The molecule has 188 valence electrons. The molecule has 0 spiro atoms. The minimum absolute atomic E-state index is 0.0312. The highest BCUT2D eigenvalue weighted by Gasteiger charge is 2.48. The van der Waals surface area contributed by atoms with Crippen molar-refractivity contribution in [1.29, 1.82) is 0 Å². The van der Waals surface area contributed by atoms with E-state index in [0.717, 1.165) is 12.1 Å². The monoisotopic (exact) mass is 512 g/mol. The van der Waals surface area contributed by atoms with E-state index in [1.54, 1.807) is 26.0 Å². The lowest BCUT2D eigenvalue weighted by atomic mass is 9.84. The number of pyridine rings is 2. The summed E-state index contributed by atoms with van der Waals surface area (Å²) in [5.41, 5.74) is -4.41. The molecule has 1 aromatic carbocycles. The fourth-order valence-electron chi connectivity index (χ4n) is 3.67. The highest BCUT2D eigenvalue weighted by molar-refractivity contribution is 5.60. The third-order valence-corrected chi connectivity index (χ3v) is 5.52. The van der Waals surface area contributed by atoms with E-state index in [2.05, 4.69) is 15.0 Å². The average molecular weight is 512 g/mol. The predicted molar refractivity (Wildman–Crippen MR) is 113 cm³/mol. The van der Waals surface area contributed by atoms with Gasteiger partial charge in [0.25, 0.3) is 0 Å². The second kappa shape index (κ2) is 8.68. The first-order valence-corrected chi connectivity index (χ1v) is 10.3. The normalized spacial score (nSPS) is 12.7. The van der Waals surface area contributed by atoms with Gasteiger partial charge < -0.3 is 0 Å². The van der Waals surface area contributed by atoms with Crippen LogP contribution in [-0.4, -0.2) is 19.5 Å². The third kappa shape index (κ3) is 4.67. The van der Waals surface area contributed by atoms with Gasteiger partial charge in [-0.05, 0) is 50.2 Å². The Labute approximate surface area is 199 Å². The van der Waals surface area contributed by atoms with Crippen LogP contribution in [0, 0.1) is 11.6 Å². The topological polar surface area (TPSA) is 43.6 Å². The van der Waals surface area contributed by atoms with Crippen LogP contribution < -0.4 is 0 Å². The molecule has 0 saturated heterocycles. The summed E-state index contributed by atoms with van der Waals surface area (Å²) in [5.74, 6) is -2.03. The summed E-state index contributed by atoms with van der Waals surface area (Å²) >= 11 is 0. The van der Waals surface area contributed by atoms with Gasteiger partial charge >= 0.3 is 12.4 Å². The molecular weight excluding hydrogens is 496 g/mol. The standard InChI is InChI=1S/C24H16F8N4/c1-22(2,17-6-3-5-16(34-17)14-10-9-13(25)11-15(14)26)18-7-4-8-19(35-18)36-12-33-20(23(27,28)29)21(36)24(30,31)32/h3-12H,1-2H3. The zero-order valence-corrected chi connectivity index (χ0v) is 18.6. The molecule has 4 rings (SSSR count). The molecule has 0 fully saturated rings. The van der Waals surface area contributed by atoms with Crippen molar-refractivity contribution in [2.45, 2.75) is 31.6 Å². The molecule has 0 bridgehead atoms. The van der Waals surface area contributed by atoms with E-state index in [1.165, 1.54) is 24.3 Å². The third-order valence-electron chi connectivity index (χ3n) is 5.52. The average Bonchev–Trinajstić information content (AvgIpc) is 3.26. The van der Waals surface area contributed by atoms with E-state index in [-0.39, 0.29) is 21.5 Å². The first-order chi connectivity index (χ1) is 16.7. The molecule has 0 unspecified atom stereocenters. The molecule has 4 aromatic rings. The summed E-state index contributed by atoms with van der Waals surface area (Å²) in [6.07, 6.45) is -10.3. The number of imidazole rings is 1. The Morgan fingerprint density at radius 3 is 2.00 bits per heavy atom. The molecule has 0 atom stereocenters. The molecule has 0 amide bonds. The summed E-state index contributed by atoms with van der Waals surface area (Å²) in [5, 5.41) is 0. The van der Waals surface area contributed by atoms with Gasteiger partial charge in [-0.15, -0.1) is 0 Å². The van der Waals surface area contributed by atoms with E-state index in [4.69, 9.17) is 0 Å². The first kappa shape index (κ1) is 25.3. The van der Waals surface area contributed by atoms with Crippen molar-refractivity contribution in [3.8, 4) is 17.1 Å². The summed E-state index contributed by atoms with van der Waals surface area (Å²) in [6, 6.07) is 11.6. The van der Waals surface area contributed by atoms with E-state index in [0.29, 0.717) is 18.1 Å². The molecule has 0 saturated carbocycles. The van der Waals surface area contributed by atoms with Crippen molar-refractivity contribution in [1.82, 2.24) is 19.5 Å². The lowest BCUT2D eigenvalue weighted by Crippen LogP contribution is -2.24. The SMILES string of the molecule is CC(C)(c1cccc(-c2ccc(F)cc2F)n1)c1cccc(-n2cnc(C(F)(F)F)c2C(F)(F)F)n1. The van der Waals surface area contributed by atoms with Gasteiger partial charge in [0.1, 0.15) is 23.8 Å². The molecule has 0 N–H and O–H groups in total. The maximum atomic E-state index is 14.3. The van der Waals surface area contributed by atoms with Crippen LogP contribution in [-0.2, 0) is 17.8 Å². The van der Waals surface area contributed by atoms with Gasteiger partial charge in [-0.3, -0.25) is 9.55 Å². The van der Waals surface area contributed by atoms with Gasteiger partial charge in [-0.25, -0.2) is 18.7 Å². The number of nitrogens with zero attached hydrogens (tertiary/aromatic N) is 4. The Bertz CT molecular complexity index is 1420. The molecule has 3 aromatic heterocycles. The fourth-order valence-corrected chi connectivity index (χ4v) is 3.67. The molecule has 0 radical (unpaired) electrons. The van der Waals surface area contributed by atoms with Crippen LogP contribution >= 0.6 is 0 Å². The summed E-state index contributed by atoms with van der Waals surface area (Å²) in [6.45, 7) is 3.29. The van der Waals surface area contributed by atoms with E-state index in [1.807, 2.05) is 0 Å². The van der Waals surface area contributed by atoms with Crippen molar-refractivity contribution >= 4 is 0 Å². The summed E-state index contributed by atoms with van der Waals surface area (Å²) in [7, 11) is 0. The summed E-state index contributed by atoms with van der Waals surface area (Å²) < 4.78 is 108. The van der Waals surface area contributed by atoms with Crippen molar-refractivity contribution in [2.75, 3.05) is 0 Å². The van der Waals surface area contributed by atoms with Crippen LogP contribution in [0.3, 0.4) is 0 Å². The van der Waals surface area contributed by atoms with Crippen molar-refractivity contribution in [3.63, 3.8) is 0 Å². The second-order valence-electron chi connectivity index (χ2n) is 8.35. The molecule has 12 heteroatoms. The Morgan fingerprint density at radius 2 is 1.39 bits per heavy atom. The molecular formula is C24H16F8N4. The zero-order valence-electron chi connectivity index (χ0n) is 18.6. The van der Waals surface area contributed by atoms with Crippen molar-refractivity contribution in [3.05, 3.63) is 95.3 Å². The lowest BCUT2D eigenvalue weighted by molar-refractivity contribution is -0.166. The molecule has 4 nitrogen and oxygen atoms in total. The van der Waals surface area contributed by atoms with E-state index in [9.17, 15) is 35.1 Å². The molecule has 3 heterocycles. The number of alkyl halides is 6. The molecule has 0 aliphatic rings. The Balaban J connectivity index is 1.79. The van der Waals surface area contributed by atoms with E-state index >= 15 is 0 Å². The van der Waals surface area contributed by atoms with Crippen LogP contribution in [0.2, 0.25) is 0 Å².